The van der Waals surface area contributed by atoms with Crippen molar-refractivity contribution in [2.75, 3.05) is 12.4 Å². The number of nitrogens with one attached hydrogen (secondary N) is 1. The van der Waals surface area contributed by atoms with Crippen LogP contribution >= 0.6 is 11.3 Å². The topological polar surface area (TPSA) is 94.4 Å². The average Bonchev–Trinajstić information content (AvgIpc) is 3.03. The summed E-state index contributed by atoms with van der Waals surface area (Å²) >= 11 is 1.26. The summed E-state index contributed by atoms with van der Waals surface area (Å²) < 4.78 is 19.1. The summed E-state index contributed by atoms with van der Waals surface area (Å²) in [5.74, 6) is -0.765. The molecular formula is C19H16FN3O4S. The number of thiazole rings is 1. The van der Waals surface area contributed by atoms with Crippen molar-refractivity contribution in [2.45, 2.75) is 13.8 Å². The van der Waals surface area contributed by atoms with Crippen LogP contribution in [0.5, 0.6) is 5.75 Å². The van der Waals surface area contributed by atoms with Crippen molar-refractivity contribution < 1.29 is 18.8 Å². The number of amides is 1. The Morgan fingerprint density at radius 3 is 2.54 bits per heavy atom. The maximum Gasteiger partial charge on any atom is 0.276 e. The van der Waals surface area contributed by atoms with Gasteiger partial charge in [0, 0.05) is 22.1 Å². The summed E-state index contributed by atoms with van der Waals surface area (Å²) in [6, 6.07) is 9.35. The molecule has 28 heavy (non-hydrogen) atoms. The molecule has 3 aromatic rings. The van der Waals surface area contributed by atoms with Gasteiger partial charge in [0.2, 0.25) is 0 Å². The van der Waals surface area contributed by atoms with Gasteiger partial charge in [-0.2, -0.15) is 0 Å². The minimum atomic E-state index is -0.811. The summed E-state index contributed by atoms with van der Waals surface area (Å²) in [7, 11) is 1.58. The fourth-order valence-corrected chi connectivity index (χ4v) is 3.45. The number of anilines is 1. The number of benzene rings is 2. The van der Waals surface area contributed by atoms with Crippen LogP contribution in [0.4, 0.5) is 15.2 Å². The number of aromatic nitrogens is 1. The smallest absolute Gasteiger partial charge is 0.276 e. The number of ether oxygens (including phenoxy) is 1. The summed E-state index contributed by atoms with van der Waals surface area (Å²) in [4.78, 5) is 28.1. The summed E-state index contributed by atoms with van der Waals surface area (Å²) in [6.07, 6.45) is 0. The van der Waals surface area contributed by atoms with Crippen molar-refractivity contribution in [3.8, 4) is 17.0 Å². The third kappa shape index (κ3) is 3.84. The Balaban J connectivity index is 1.86. The van der Waals surface area contributed by atoms with Gasteiger partial charge in [0.25, 0.3) is 11.6 Å². The molecule has 0 atom stereocenters. The highest BCUT2D eigenvalue weighted by atomic mass is 32.1. The number of nitro groups is 1. The highest BCUT2D eigenvalue weighted by molar-refractivity contribution is 7.16. The standard InChI is InChI=1S/C19H16FN3O4S/c1-10-15(20)8-13(9-16(10)23(25)26)18(24)22-19-21-17(11(2)28-19)12-4-6-14(27-3)7-5-12/h4-9H,1-3H3,(H,21,22,24). The summed E-state index contributed by atoms with van der Waals surface area (Å²) in [5.41, 5.74) is 0.845. The summed E-state index contributed by atoms with van der Waals surface area (Å²) in [6.45, 7) is 3.16. The Morgan fingerprint density at radius 1 is 1.25 bits per heavy atom. The molecule has 2 aromatic carbocycles. The van der Waals surface area contributed by atoms with E-state index in [1.165, 1.54) is 18.3 Å². The van der Waals surface area contributed by atoms with Gasteiger partial charge in [-0.1, -0.05) is 0 Å². The third-order valence-corrected chi connectivity index (χ3v) is 5.04. The van der Waals surface area contributed by atoms with Gasteiger partial charge in [-0.3, -0.25) is 20.2 Å². The number of rotatable bonds is 5. The van der Waals surface area contributed by atoms with Crippen molar-refractivity contribution in [3.63, 3.8) is 0 Å². The molecule has 0 unspecified atom stereocenters. The van der Waals surface area contributed by atoms with Gasteiger partial charge in [0.05, 0.1) is 23.3 Å². The van der Waals surface area contributed by atoms with Crippen LogP contribution in [-0.2, 0) is 0 Å². The van der Waals surface area contributed by atoms with Gasteiger partial charge < -0.3 is 4.74 Å². The summed E-state index contributed by atoms with van der Waals surface area (Å²) in [5, 5.41) is 13.9. The monoisotopic (exact) mass is 401 g/mol. The molecule has 0 bridgehead atoms. The first-order chi connectivity index (χ1) is 13.3. The lowest BCUT2D eigenvalue weighted by molar-refractivity contribution is -0.385. The van der Waals surface area contributed by atoms with Gasteiger partial charge in [0.1, 0.15) is 11.6 Å². The van der Waals surface area contributed by atoms with Crippen LogP contribution in [-0.4, -0.2) is 22.9 Å². The van der Waals surface area contributed by atoms with Crippen LogP contribution in [0, 0.1) is 29.8 Å². The van der Waals surface area contributed by atoms with E-state index >= 15 is 0 Å². The van der Waals surface area contributed by atoms with Crippen LogP contribution in [0.1, 0.15) is 20.8 Å². The zero-order valence-electron chi connectivity index (χ0n) is 15.3. The first kappa shape index (κ1) is 19.4. The second-order valence-corrected chi connectivity index (χ2v) is 7.17. The van der Waals surface area contributed by atoms with Gasteiger partial charge >= 0.3 is 0 Å². The molecule has 1 heterocycles. The Hall–Kier alpha value is -3.33. The quantitative estimate of drug-likeness (QED) is 0.492. The zero-order valence-corrected chi connectivity index (χ0v) is 16.1. The van der Waals surface area contributed by atoms with Crippen LogP contribution in [0.3, 0.4) is 0 Å². The number of halogens is 1. The van der Waals surface area contributed by atoms with Crippen LogP contribution in [0.15, 0.2) is 36.4 Å². The molecule has 1 aromatic heterocycles. The van der Waals surface area contributed by atoms with Crippen LogP contribution in [0.25, 0.3) is 11.3 Å². The number of hydrogen-bond donors (Lipinski definition) is 1. The number of carbonyl (C=O) groups is 1. The molecular weight excluding hydrogens is 385 g/mol. The van der Waals surface area contributed by atoms with Crippen LogP contribution in [0.2, 0.25) is 0 Å². The Labute approximate surface area is 164 Å². The maximum absolute atomic E-state index is 13.9. The van der Waals surface area contributed by atoms with E-state index in [0.29, 0.717) is 16.6 Å². The highest BCUT2D eigenvalue weighted by Gasteiger charge is 2.20. The Morgan fingerprint density at radius 2 is 1.93 bits per heavy atom. The number of methoxy groups -OCH3 is 1. The fraction of sp³-hybridized carbons (Fsp3) is 0.158. The molecule has 3 rings (SSSR count). The van der Waals surface area contributed by atoms with Gasteiger partial charge in [-0.15, -0.1) is 11.3 Å². The van der Waals surface area contributed by atoms with E-state index in [1.54, 1.807) is 19.2 Å². The maximum atomic E-state index is 13.9. The molecule has 0 aliphatic rings. The van der Waals surface area contributed by atoms with Gasteiger partial charge in [-0.25, -0.2) is 9.37 Å². The normalized spacial score (nSPS) is 10.6. The number of nitro benzene ring substituents is 1. The van der Waals surface area contributed by atoms with Crippen molar-refractivity contribution in [1.82, 2.24) is 4.98 Å². The second-order valence-electron chi connectivity index (χ2n) is 5.97. The zero-order chi connectivity index (χ0) is 20.4. The molecule has 0 fully saturated rings. The van der Waals surface area contributed by atoms with Crippen molar-refractivity contribution in [2.24, 2.45) is 0 Å². The molecule has 0 saturated carbocycles. The number of carbonyl (C=O) groups excluding carboxylic acids is 1. The number of aryl methyl sites for hydroxylation is 1. The molecule has 1 amide bonds. The van der Waals surface area contributed by atoms with Crippen molar-refractivity contribution in [1.29, 1.82) is 0 Å². The van der Waals surface area contributed by atoms with Gasteiger partial charge in [-0.05, 0) is 44.2 Å². The molecule has 7 nitrogen and oxygen atoms in total. The number of hydrogen-bond acceptors (Lipinski definition) is 6. The predicted molar refractivity (Wildman–Crippen MR) is 105 cm³/mol. The lowest BCUT2D eigenvalue weighted by Gasteiger charge is -2.05. The minimum absolute atomic E-state index is 0.117. The van der Waals surface area contributed by atoms with E-state index in [4.69, 9.17) is 4.74 Å². The fourth-order valence-electron chi connectivity index (χ4n) is 2.62. The van der Waals surface area contributed by atoms with E-state index in [9.17, 15) is 19.3 Å². The molecule has 0 aliphatic heterocycles. The lowest BCUT2D eigenvalue weighted by atomic mass is 10.1. The molecule has 9 heteroatoms. The highest BCUT2D eigenvalue weighted by Crippen LogP contribution is 2.32. The van der Waals surface area contributed by atoms with E-state index in [-0.39, 0.29) is 11.1 Å². The molecule has 0 radical (unpaired) electrons. The van der Waals surface area contributed by atoms with E-state index < -0.39 is 22.3 Å². The first-order valence-electron chi connectivity index (χ1n) is 8.18. The third-order valence-electron chi connectivity index (χ3n) is 4.16. The van der Waals surface area contributed by atoms with E-state index in [2.05, 4.69) is 10.3 Å². The average molecular weight is 401 g/mol. The molecule has 0 saturated heterocycles. The Kier molecular flexibility index (Phi) is 5.36. The number of nitrogens with zero attached hydrogens (tertiary/aromatic N) is 2. The van der Waals surface area contributed by atoms with Crippen molar-refractivity contribution in [3.05, 3.63) is 68.3 Å². The Bertz CT molecular complexity index is 1060. The minimum Gasteiger partial charge on any atom is -0.497 e. The lowest BCUT2D eigenvalue weighted by Crippen LogP contribution is -2.13. The molecule has 1 N–H and O–H groups in total. The predicted octanol–water partition coefficient (Wildman–Crippen LogP) is 4.74. The first-order valence-corrected chi connectivity index (χ1v) is 8.99. The van der Waals surface area contributed by atoms with E-state index in [1.807, 2.05) is 19.1 Å². The molecule has 0 spiro atoms. The largest absolute Gasteiger partial charge is 0.497 e. The van der Waals surface area contributed by atoms with E-state index in [0.717, 1.165) is 22.6 Å². The molecule has 0 aliphatic carbocycles. The second kappa shape index (κ2) is 7.73. The van der Waals surface area contributed by atoms with Crippen molar-refractivity contribution >= 4 is 28.1 Å². The van der Waals surface area contributed by atoms with Gasteiger partial charge in [0.15, 0.2) is 5.13 Å². The molecule has 144 valence electrons. The SMILES string of the molecule is COc1ccc(-c2nc(NC(=O)c3cc(F)c(C)c([N+](=O)[O-])c3)sc2C)cc1. The van der Waals surface area contributed by atoms with Crippen LogP contribution < -0.4 is 10.1 Å².